The lowest BCUT2D eigenvalue weighted by Crippen LogP contribution is -2.17. The van der Waals surface area contributed by atoms with Gasteiger partial charge in [-0.2, -0.15) is 0 Å². The average Bonchev–Trinajstić information content (AvgIpc) is 2.50. The molecule has 0 aliphatic carbocycles. The van der Waals surface area contributed by atoms with Crippen LogP contribution in [0.15, 0.2) is 12.1 Å². The Hall–Kier alpha value is -0.930. The molecule has 21 heavy (non-hydrogen) atoms. The van der Waals surface area contributed by atoms with E-state index in [9.17, 15) is 0 Å². The van der Waals surface area contributed by atoms with E-state index in [4.69, 9.17) is 21.1 Å². The number of hydrogen-bond acceptors (Lipinski definition) is 3. The molecule has 0 fully saturated rings. The van der Waals surface area contributed by atoms with Crippen LogP contribution in [0, 0.1) is 0 Å². The van der Waals surface area contributed by atoms with Crippen LogP contribution in [0.3, 0.4) is 0 Å². The maximum absolute atomic E-state index is 6.23. The van der Waals surface area contributed by atoms with E-state index in [2.05, 4.69) is 12.2 Å². The molecule has 1 aromatic carbocycles. The molecule has 3 nitrogen and oxygen atoms in total. The molecule has 4 heteroatoms. The first-order valence-corrected chi connectivity index (χ1v) is 8.48. The quantitative estimate of drug-likeness (QED) is 0.678. The van der Waals surface area contributed by atoms with Gasteiger partial charge in [0.1, 0.15) is 13.2 Å². The first-order chi connectivity index (χ1) is 10.3. The second kappa shape index (κ2) is 9.16. The maximum atomic E-state index is 6.23. The van der Waals surface area contributed by atoms with E-state index >= 15 is 0 Å². The monoisotopic (exact) mass is 311 g/mol. The van der Waals surface area contributed by atoms with Gasteiger partial charge in [0.05, 0.1) is 5.02 Å². The summed E-state index contributed by atoms with van der Waals surface area (Å²) >= 11 is 6.23. The summed E-state index contributed by atoms with van der Waals surface area (Å²) in [5.74, 6) is 1.45. The van der Waals surface area contributed by atoms with Crippen molar-refractivity contribution in [1.82, 2.24) is 5.32 Å². The number of benzene rings is 1. The lowest BCUT2D eigenvalue weighted by molar-refractivity contribution is 0.171. The van der Waals surface area contributed by atoms with Crippen molar-refractivity contribution in [1.29, 1.82) is 0 Å². The molecule has 1 heterocycles. The number of halogens is 1. The number of rotatable bonds is 9. The Kier molecular flexibility index (Phi) is 7.17. The third kappa shape index (κ3) is 5.40. The highest BCUT2D eigenvalue weighted by Gasteiger charge is 2.16. The summed E-state index contributed by atoms with van der Waals surface area (Å²) < 4.78 is 11.1. The van der Waals surface area contributed by atoms with Crippen LogP contribution in [-0.4, -0.2) is 19.8 Å². The minimum atomic E-state index is 0.572. The second-order valence-corrected chi connectivity index (χ2v) is 5.95. The predicted molar refractivity (Wildman–Crippen MR) is 87.5 cm³/mol. The van der Waals surface area contributed by atoms with Gasteiger partial charge >= 0.3 is 0 Å². The number of fused-ring (bicyclic) bond motifs is 1. The molecule has 0 bridgehead atoms. The second-order valence-electron chi connectivity index (χ2n) is 5.55. The van der Waals surface area contributed by atoms with Gasteiger partial charge in [-0.25, -0.2) is 0 Å². The van der Waals surface area contributed by atoms with E-state index in [0.717, 1.165) is 24.4 Å². The fraction of sp³-hybridized carbons (Fsp3) is 0.647. The standard InChI is InChI=1S/C17H26ClNO2/c1-2-3-4-5-6-7-8-19-13-14-11-15(18)17-16(12-14)20-9-10-21-17/h11-12,19H,2-10,13H2,1H3. The van der Waals surface area contributed by atoms with Crippen molar-refractivity contribution in [2.24, 2.45) is 0 Å². The highest BCUT2D eigenvalue weighted by Crippen LogP contribution is 2.38. The van der Waals surface area contributed by atoms with Gasteiger partial charge in [0.25, 0.3) is 0 Å². The lowest BCUT2D eigenvalue weighted by Gasteiger charge is -2.20. The average molecular weight is 312 g/mol. The summed E-state index contributed by atoms with van der Waals surface area (Å²) in [6.45, 7) is 5.30. The molecule has 1 aliphatic rings. The molecule has 0 aromatic heterocycles. The SMILES string of the molecule is CCCCCCCCNCc1cc(Cl)c2c(c1)OCCO2. The highest BCUT2D eigenvalue weighted by molar-refractivity contribution is 6.32. The van der Waals surface area contributed by atoms with Gasteiger partial charge in [-0.15, -0.1) is 0 Å². The molecule has 118 valence electrons. The molecule has 1 aliphatic heterocycles. The first-order valence-electron chi connectivity index (χ1n) is 8.10. The van der Waals surface area contributed by atoms with E-state index in [1.165, 1.54) is 38.5 Å². The Labute approximate surface area is 133 Å². The zero-order valence-corrected chi connectivity index (χ0v) is 13.7. The van der Waals surface area contributed by atoms with Gasteiger partial charge in [0.2, 0.25) is 0 Å². The molecule has 0 saturated heterocycles. The van der Waals surface area contributed by atoms with Crippen LogP contribution >= 0.6 is 11.6 Å². The van der Waals surface area contributed by atoms with Crippen LogP contribution in [0.2, 0.25) is 5.02 Å². The lowest BCUT2D eigenvalue weighted by atomic mass is 10.1. The van der Waals surface area contributed by atoms with E-state index in [1.54, 1.807) is 0 Å². The van der Waals surface area contributed by atoms with Crippen molar-refractivity contribution in [2.75, 3.05) is 19.8 Å². The van der Waals surface area contributed by atoms with Crippen molar-refractivity contribution in [3.63, 3.8) is 0 Å². The van der Waals surface area contributed by atoms with Crippen molar-refractivity contribution in [2.45, 2.75) is 52.0 Å². The van der Waals surface area contributed by atoms with Crippen LogP contribution in [0.4, 0.5) is 0 Å². The van der Waals surface area contributed by atoms with Crippen molar-refractivity contribution < 1.29 is 9.47 Å². The highest BCUT2D eigenvalue weighted by atomic mass is 35.5. The molecule has 0 spiro atoms. The smallest absolute Gasteiger partial charge is 0.179 e. The molecule has 0 saturated carbocycles. The normalized spacial score (nSPS) is 13.4. The summed E-state index contributed by atoms with van der Waals surface area (Å²) in [4.78, 5) is 0. The van der Waals surface area contributed by atoms with Crippen molar-refractivity contribution in [3.8, 4) is 11.5 Å². The summed E-state index contributed by atoms with van der Waals surface area (Å²) in [5, 5.41) is 4.11. The number of ether oxygens (including phenoxy) is 2. The van der Waals surface area contributed by atoms with Gasteiger partial charge in [-0.1, -0.05) is 50.6 Å². The van der Waals surface area contributed by atoms with Gasteiger partial charge in [-0.3, -0.25) is 0 Å². The Bertz CT molecular complexity index is 437. The third-order valence-corrected chi connectivity index (χ3v) is 3.97. The fourth-order valence-corrected chi connectivity index (χ4v) is 2.82. The minimum Gasteiger partial charge on any atom is -0.486 e. The summed E-state index contributed by atoms with van der Waals surface area (Å²) in [6.07, 6.45) is 7.95. The van der Waals surface area contributed by atoms with E-state index in [0.29, 0.717) is 24.0 Å². The summed E-state index contributed by atoms with van der Waals surface area (Å²) in [7, 11) is 0. The zero-order chi connectivity index (χ0) is 14.9. The molecule has 2 rings (SSSR count). The molecular formula is C17H26ClNO2. The summed E-state index contributed by atoms with van der Waals surface area (Å²) in [5.41, 5.74) is 1.15. The Morgan fingerprint density at radius 3 is 2.67 bits per heavy atom. The van der Waals surface area contributed by atoms with Crippen LogP contribution in [-0.2, 0) is 6.54 Å². The largest absolute Gasteiger partial charge is 0.486 e. The minimum absolute atomic E-state index is 0.572. The molecule has 1 N–H and O–H groups in total. The molecule has 0 atom stereocenters. The Morgan fingerprint density at radius 2 is 1.81 bits per heavy atom. The molecule has 0 amide bonds. The van der Waals surface area contributed by atoms with Gasteiger partial charge < -0.3 is 14.8 Å². The first kappa shape index (κ1) is 16.4. The fourth-order valence-electron chi connectivity index (χ4n) is 2.53. The van der Waals surface area contributed by atoms with Crippen LogP contribution in [0.5, 0.6) is 11.5 Å². The van der Waals surface area contributed by atoms with Crippen molar-refractivity contribution in [3.05, 3.63) is 22.7 Å². The molecule has 0 unspecified atom stereocenters. The topological polar surface area (TPSA) is 30.5 Å². The summed E-state index contributed by atoms with van der Waals surface area (Å²) in [6, 6.07) is 3.98. The maximum Gasteiger partial charge on any atom is 0.179 e. The Morgan fingerprint density at radius 1 is 1.05 bits per heavy atom. The van der Waals surface area contributed by atoms with Crippen LogP contribution in [0.1, 0.15) is 51.0 Å². The third-order valence-electron chi connectivity index (χ3n) is 3.69. The molecule has 1 aromatic rings. The number of nitrogens with one attached hydrogen (secondary N) is 1. The number of hydrogen-bond donors (Lipinski definition) is 1. The van der Waals surface area contributed by atoms with Crippen molar-refractivity contribution >= 4 is 11.6 Å². The predicted octanol–water partition coefficient (Wildman–Crippen LogP) is 4.56. The van der Waals surface area contributed by atoms with E-state index in [1.807, 2.05) is 12.1 Å². The zero-order valence-electron chi connectivity index (χ0n) is 12.9. The van der Waals surface area contributed by atoms with Gasteiger partial charge in [-0.05, 0) is 30.7 Å². The van der Waals surface area contributed by atoms with E-state index in [-0.39, 0.29) is 0 Å². The van der Waals surface area contributed by atoms with Crippen LogP contribution in [0.25, 0.3) is 0 Å². The molecular weight excluding hydrogens is 286 g/mol. The molecule has 0 radical (unpaired) electrons. The van der Waals surface area contributed by atoms with Crippen LogP contribution < -0.4 is 14.8 Å². The van der Waals surface area contributed by atoms with Gasteiger partial charge in [0, 0.05) is 6.54 Å². The van der Waals surface area contributed by atoms with Gasteiger partial charge in [0.15, 0.2) is 11.5 Å². The number of unbranched alkanes of at least 4 members (excludes halogenated alkanes) is 5. The Balaban J connectivity index is 1.68. The van der Waals surface area contributed by atoms with E-state index < -0.39 is 0 Å².